The van der Waals surface area contributed by atoms with Crippen LogP contribution in [0.2, 0.25) is 0 Å². The number of hydrogen-bond acceptors (Lipinski definition) is 2. The fourth-order valence-electron chi connectivity index (χ4n) is 4.00. The number of aliphatic carboxylic acids is 1. The maximum absolute atomic E-state index is 10.8. The van der Waals surface area contributed by atoms with Crippen LogP contribution >= 0.6 is 0 Å². The third kappa shape index (κ3) is 4.94. The SMILES string of the molecule is Cc1ccc2c(c1)C(C)(C)C(/C=C/Nc1ccccc1)=[N+]2CCCCCC(=O)O. The Morgan fingerprint density at radius 1 is 1.10 bits per heavy atom. The van der Waals surface area contributed by atoms with Crippen LogP contribution in [0, 0.1) is 6.92 Å². The Balaban J connectivity index is 1.83. The minimum absolute atomic E-state index is 0.0860. The molecule has 2 aromatic rings. The van der Waals surface area contributed by atoms with Gasteiger partial charge in [0.15, 0.2) is 5.71 Å². The van der Waals surface area contributed by atoms with Crippen molar-refractivity contribution in [1.29, 1.82) is 0 Å². The molecule has 29 heavy (non-hydrogen) atoms. The summed E-state index contributed by atoms with van der Waals surface area (Å²) in [5.74, 6) is -0.713. The van der Waals surface area contributed by atoms with Crippen molar-refractivity contribution < 1.29 is 14.5 Å². The van der Waals surface area contributed by atoms with Crippen LogP contribution in [0.25, 0.3) is 0 Å². The molecule has 0 spiro atoms. The Bertz CT molecular complexity index is 927. The van der Waals surface area contributed by atoms with E-state index in [0.717, 1.165) is 31.5 Å². The molecule has 1 aliphatic rings. The third-order valence-electron chi connectivity index (χ3n) is 5.58. The Morgan fingerprint density at radius 2 is 1.86 bits per heavy atom. The lowest BCUT2D eigenvalue weighted by Crippen LogP contribution is -2.28. The average molecular weight is 392 g/mol. The van der Waals surface area contributed by atoms with E-state index in [0.29, 0.717) is 0 Å². The van der Waals surface area contributed by atoms with Gasteiger partial charge in [-0.3, -0.25) is 4.79 Å². The van der Waals surface area contributed by atoms with Gasteiger partial charge in [-0.2, -0.15) is 4.58 Å². The Hall–Kier alpha value is -2.88. The maximum Gasteiger partial charge on any atom is 0.303 e. The van der Waals surface area contributed by atoms with Gasteiger partial charge in [0.1, 0.15) is 6.54 Å². The Kier molecular flexibility index (Phi) is 6.53. The standard InChI is InChI=1S/C25H30N2O2/c1-19-13-14-22-21(18-19)25(2,3)23(15-16-26-20-10-6-4-7-11-20)27(22)17-9-5-8-12-24(28)29/h4,6-7,10-11,13-16,18H,5,8-9,12,17H2,1-3H3,(H,28,29)/p+1. The Labute approximate surface area is 173 Å². The predicted octanol–water partition coefficient (Wildman–Crippen LogP) is 5.64. The van der Waals surface area contributed by atoms with Gasteiger partial charge in [0.25, 0.3) is 0 Å². The first-order chi connectivity index (χ1) is 13.9. The molecule has 2 N–H and O–H groups in total. The number of fused-ring (bicyclic) bond motifs is 1. The van der Waals surface area contributed by atoms with Crippen LogP contribution in [-0.2, 0) is 10.2 Å². The van der Waals surface area contributed by atoms with E-state index in [1.54, 1.807) is 0 Å². The van der Waals surface area contributed by atoms with E-state index >= 15 is 0 Å². The van der Waals surface area contributed by atoms with Crippen molar-refractivity contribution in [2.24, 2.45) is 0 Å². The molecule has 0 aliphatic carbocycles. The second-order valence-corrected chi connectivity index (χ2v) is 8.23. The zero-order chi connectivity index (χ0) is 20.9. The number of carboxylic acids is 1. The highest BCUT2D eigenvalue weighted by Gasteiger charge is 2.44. The number of nitrogens with one attached hydrogen (secondary N) is 1. The largest absolute Gasteiger partial charge is 0.481 e. The van der Waals surface area contributed by atoms with Gasteiger partial charge in [0.2, 0.25) is 5.69 Å². The van der Waals surface area contributed by atoms with Crippen LogP contribution in [0.3, 0.4) is 0 Å². The van der Waals surface area contributed by atoms with E-state index in [9.17, 15) is 4.79 Å². The number of carbonyl (C=O) groups is 1. The third-order valence-corrected chi connectivity index (χ3v) is 5.58. The summed E-state index contributed by atoms with van der Waals surface area (Å²) >= 11 is 0. The molecule has 0 radical (unpaired) electrons. The van der Waals surface area contributed by atoms with Gasteiger partial charge in [-0.1, -0.05) is 29.8 Å². The monoisotopic (exact) mass is 391 g/mol. The van der Waals surface area contributed by atoms with Crippen LogP contribution in [0.4, 0.5) is 11.4 Å². The van der Waals surface area contributed by atoms with Gasteiger partial charge in [0.05, 0.1) is 5.41 Å². The second kappa shape index (κ2) is 9.08. The molecule has 4 nitrogen and oxygen atoms in total. The molecule has 0 saturated carbocycles. The molecular formula is C25H31N2O2+. The molecule has 0 atom stereocenters. The summed E-state index contributed by atoms with van der Waals surface area (Å²) in [6.07, 6.45) is 7.07. The lowest BCUT2D eigenvalue weighted by atomic mass is 9.81. The maximum atomic E-state index is 10.8. The fourth-order valence-corrected chi connectivity index (χ4v) is 4.00. The average Bonchev–Trinajstić information content (AvgIpc) is 2.89. The number of unbranched alkanes of at least 4 members (excludes halogenated alkanes) is 2. The fraction of sp³-hybridized carbons (Fsp3) is 0.360. The van der Waals surface area contributed by atoms with Gasteiger partial charge in [-0.05, 0) is 51.8 Å². The van der Waals surface area contributed by atoms with Crippen LogP contribution in [0.5, 0.6) is 0 Å². The normalized spacial score (nSPS) is 15.0. The van der Waals surface area contributed by atoms with Crippen LogP contribution < -0.4 is 5.32 Å². The van der Waals surface area contributed by atoms with Crippen molar-refractivity contribution in [2.45, 2.75) is 51.9 Å². The minimum Gasteiger partial charge on any atom is -0.481 e. The van der Waals surface area contributed by atoms with E-state index in [-0.39, 0.29) is 11.8 Å². The van der Waals surface area contributed by atoms with Crippen molar-refractivity contribution in [1.82, 2.24) is 0 Å². The number of benzene rings is 2. The lowest BCUT2D eigenvalue weighted by molar-refractivity contribution is -0.438. The Morgan fingerprint density at radius 3 is 2.59 bits per heavy atom. The number of rotatable bonds is 9. The van der Waals surface area contributed by atoms with Crippen LogP contribution in [-0.4, -0.2) is 27.9 Å². The molecule has 1 heterocycles. The number of anilines is 1. The zero-order valence-corrected chi connectivity index (χ0v) is 17.6. The summed E-state index contributed by atoms with van der Waals surface area (Å²) in [4.78, 5) is 10.8. The van der Waals surface area contributed by atoms with Crippen molar-refractivity contribution in [3.05, 3.63) is 71.9 Å². The van der Waals surface area contributed by atoms with Crippen molar-refractivity contribution >= 4 is 23.1 Å². The molecule has 0 bridgehead atoms. The minimum atomic E-state index is -0.713. The van der Waals surface area contributed by atoms with Gasteiger partial charge < -0.3 is 10.4 Å². The zero-order valence-electron chi connectivity index (χ0n) is 17.6. The predicted molar refractivity (Wildman–Crippen MR) is 119 cm³/mol. The highest BCUT2D eigenvalue weighted by atomic mass is 16.4. The van der Waals surface area contributed by atoms with E-state index in [1.165, 1.54) is 22.5 Å². The number of para-hydroxylation sites is 1. The van der Waals surface area contributed by atoms with Crippen molar-refractivity contribution in [3.63, 3.8) is 0 Å². The molecule has 0 fully saturated rings. The molecule has 0 unspecified atom stereocenters. The summed E-state index contributed by atoms with van der Waals surface area (Å²) in [7, 11) is 0. The van der Waals surface area contributed by atoms with Crippen molar-refractivity contribution in [2.75, 3.05) is 11.9 Å². The summed E-state index contributed by atoms with van der Waals surface area (Å²) < 4.78 is 2.40. The van der Waals surface area contributed by atoms with E-state index in [4.69, 9.17) is 5.11 Å². The highest BCUT2D eigenvalue weighted by Crippen LogP contribution is 2.40. The van der Waals surface area contributed by atoms with E-state index in [2.05, 4.69) is 54.9 Å². The molecule has 0 amide bonds. The molecule has 0 aromatic heterocycles. The molecule has 3 rings (SSSR count). The molecule has 2 aromatic carbocycles. The summed E-state index contributed by atoms with van der Waals surface area (Å²) in [5.41, 5.74) is 6.12. The van der Waals surface area contributed by atoms with Crippen LogP contribution in [0.15, 0.2) is 60.8 Å². The van der Waals surface area contributed by atoms with E-state index in [1.807, 2.05) is 36.5 Å². The topological polar surface area (TPSA) is 52.3 Å². The van der Waals surface area contributed by atoms with Gasteiger partial charge >= 0.3 is 5.97 Å². The molecule has 152 valence electrons. The number of nitrogens with zero attached hydrogens (tertiary/aromatic N) is 1. The van der Waals surface area contributed by atoms with Crippen molar-refractivity contribution in [3.8, 4) is 0 Å². The van der Waals surface area contributed by atoms with E-state index < -0.39 is 5.97 Å². The first-order valence-corrected chi connectivity index (χ1v) is 10.4. The number of hydrogen-bond donors (Lipinski definition) is 2. The summed E-state index contributed by atoms with van der Waals surface area (Å²) in [6.45, 7) is 7.58. The second-order valence-electron chi connectivity index (χ2n) is 8.23. The molecule has 0 saturated heterocycles. The summed E-state index contributed by atoms with van der Waals surface area (Å²) in [6, 6.07) is 16.8. The van der Waals surface area contributed by atoms with Gasteiger partial charge in [0, 0.05) is 42.4 Å². The van der Waals surface area contributed by atoms with Gasteiger partial charge in [-0.25, -0.2) is 0 Å². The number of aryl methyl sites for hydroxylation is 1. The molecule has 4 heteroatoms. The highest BCUT2D eigenvalue weighted by molar-refractivity contribution is 6.03. The quantitative estimate of drug-likeness (QED) is 0.429. The van der Waals surface area contributed by atoms with Gasteiger partial charge in [-0.15, -0.1) is 0 Å². The first-order valence-electron chi connectivity index (χ1n) is 10.4. The van der Waals surface area contributed by atoms with Crippen LogP contribution in [0.1, 0.15) is 50.7 Å². The molecule has 1 aliphatic heterocycles. The summed E-state index contributed by atoms with van der Waals surface area (Å²) in [5, 5.41) is 12.2. The first kappa shape index (κ1) is 20.8. The number of allylic oxidation sites excluding steroid dienone is 1. The smallest absolute Gasteiger partial charge is 0.303 e. The lowest BCUT2D eigenvalue weighted by Gasteiger charge is -2.16. The molecular weight excluding hydrogens is 360 g/mol. The number of carboxylic acid groups (broad SMARTS) is 1.